The SMILES string of the molecule is CC/C=C\CC1OC1C/C=C\C/C=C\C/C=C\C/C=C\CCC(=O)O[C@H](COC(=O)CCCCCCCCCCC/C=C\C/C=C\CCCCC)COP(=O)(O)OCCN. The van der Waals surface area contributed by atoms with Gasteiger partial charge >= 0.3 is 19.8 Å². The molecule has 0 saturated carbocycles. The number of phosphoric acid groups is 1. The zero-order chi connectivity index (χ0) is 43.6. The minimum absolute atomic E-state index is 0.0352. The van der Waals surface area contributed by atoms with E-state index < -0.39 is 32.5 Å². The number of hydrogen-bond donors (Lipinski definition) is 2. The Kier molecular flexibility index (Phi) is 37.0. The number of carbonyl (C=O) groups excluding carboxylic acids is 2. The molecule has 342 valence electrons. The second-order valence-corrected chi connectivity index (χ2v) is 16.7. The largest absolute Gasteiger partial charge is 0.472 e. The van der Waals surface area contributed by atoms with Gasteiger partial charge in [0.25, 0.3) is 0 Å². The van der Waals surface area contributed by atoms with Crippen LogP contribution in [-0.4, -0.2) is 61.5 Å². The van der Waals surface area contributed by atoms with Gasteiger partial charge < -0.3 is 24.8 Å². The quantitative estimate of drug-likeness (QED) is 0.0200. The molecule has 0 aliphatic carbocycles. The number of epoxide rings is 1. The van der Waals surface area contributed by atoms with E-state index >= 15 is 0 Å². The second-order valence-electron chi connectivity index (χ2n) is 15.3. The molecule has 1 aliphatic rings. The molecule has 0 radical (unpaired) electrons. The van der Waals surface area contributed by atoms with Crippen molar-refractivity contribution in [3.05, 3.63) is 85.1 Å². The van der Waals surface area contributed by atoms with Crippen molar-refractivity contribution in [2.45, 2.75) is 186 Å². The highest BCUT2D eigenvalue weighted by molar-refractivity contribution is 7.47. The summed E-state index contributed by atoms with van der Waals surface area (Å²) in [6.45, 7) is 3.48. The third-order valence-corrected chi connectivity index (χ3v) is 10.7. The van der Waals surface area contributed by atoms with E-state index in [0.717, 1.165) is 70.6 Å². The predicted molar refractivity (Wildman–Crippen MR) is 246 cm³/mol. The molecule has 0 bridgehead atoms. The van der Waals surface area contributed by atoms with Crippen molar-refractivity contribution in [3.8, 4) is 0 Å². The number of nitrogens with two attached hydrogens (primary N) is 1. The number of esters is 2. The molecule has 60 heavy (non-hydrogen) atoms. The van der Waals surface area contributed by atoms with Crippen molar-refractivity contribution in [1.82, 2.24) is 0 Å². The fourth-order valence-electron chi connectivity index (χ4n) is 6.14. The summed E-state index contributed by atoms with van der Waals surface area (Å²) < 4.78 is 38.4. The summed E-state index contributed by atoms with van der Waals surface area (Å²) in [7, 11) is -4.41. The van der Waals surface area contributed by atoms with Crippen molar-refractivity contribution in [3.63, 3.8) is 0 Å². The van der Waals surface area contributed by atoms with Crippen LogP contribution in [0.15, 0.2) is 85.1 Å². The Bertz CT molecular complexity index is 1320. The molecule has 10 nitrogen and oxygen atoms in total. The standard InChI is InChI=1S/C49H82NO9P/c1-3-5-7-8-9-10-11-12-13-14-15-16-17-18-22-25-28-31-35-39-48(51)55-43-45(44-57-60(53,54)56-42-41-50)58-49(52)40-36-32-29-26-23-20-19-21-24-27-30-34-38-47-46(59-47)37-33-6-4-2/h6,9-10,12-13,20-21,23-24,29-30,32-34,45-47H,3-5,7-8,11,14-19,22,25-28,31,35-44,50H2,1-2H3,(H,53,54)/b10-9-,13-12-,23-20-,24-21-,32-29-,33-6-,34-30-/t45-,46?,47?/m1/s1. The van der Waals surface area contributed by atoms with Crippen LogP contribution in [0.4, 0.5) is 0 Å². The first kappa shape index (κ1) is 55.2. The molecule has 4 atom stereocenters. The molecule has 3 N–H and O–H groups in total. The van der Waals surface area contributed by atoms with Crippen LogP contribution in [0, 0.1) is 0 Å². The number of rotatable bonds is 41. The van der Waals surface area contributed by atoms with Crippen molar-refractivity contribution < 1.29 is 42.3 Å². The first-order chi connectivity index (χ1) is 29.3. The predicted octanol–water partition coefficient (Wildman–Crippen LogP) is 12.6. The monoisotopic (exact) mass is 860 g/mol. The van der Waals surface area contributed by atoms with Gasteiger partial charge in [-0.2, -0.15) is 0 Å². The maximum atomic E-state index is 12.6. The van der Waals surface area contributed by atoms with E-state index in [9.17, 15) is 19.0 Å². The van der Waals surface area contributed by atoms with Gasteiger partial charge in [0.1, 0.15) is 6.61 Å². The number of allylic oxidation sites excluding steroid dienone is 12. The molecular formula is C49H82NO9P. The second kappa shape index (κ2) is 40.2. The summed E-state index contributed by atoms with van der Waals surface area (Å²) in [5.41, 5.74) is 5.35. The fraction of sp³-hybridized carbons (Fsp3) is 0.673. The lowest BCUT2D eigenvalue weighted by Gasteiger charge is -2.19. The van der Waals surface area contributed by atoms with Crippen LogP contribution in [0.2, 0.25) is 0 Å². The van der Waals surface area contributed by atoms with Crippen LogP contribution < -0.4 is 5.73 Å². The van der Waals surface area contributed by atoms with E-state index in [1.165, 1.54) is 57.8 Å². The van der Waals surface area contributed by atoms with Crippen molar-refractivity contribution in [1.29, 1.82) is 0 Å². The summed E-state index contributed by atoms with van der Waals surface area (Å²) in [5, 5.41) is 0. The summed E-state index contributed by atoms with van der Waals surface area (Å²) >= 11 is 0. The molecule has 3 unspecified atom stereocenters. The molecule has 1 saturated heterocycles. The maximum absolute atomic E-state index is 12.6. The minimum Gasteiger partial charge on any atom is -0.462 e. The van der Waals surface area contributed by atoms with Gasteiger partial charge in [-0.05, 0) is 83.5 Å². The first-order valence-corrected chi connectivity index (χ1v) is 24.7. The molecule has 0 aromatic rings. The average Bonchev–Trinajstić information content (AvgIpc) is 3.99. The lowest BCUT2D eigenvalue weighted by Crippen LogP contribution is -2.29. The van der Waals surface area contributed by atoms with E-state index in [2.05, 4.69) is 86.8 Å². The van der Waals surface area contributed by atoms with Crippen LogP contribution >= 0.6 is 7.82 Å². The zero-order valence-corrected chi connectivity index (χ0v) is 38.2. The minimum atomic E-state index is -4.41. The highest BCUT2D eigenvalue weighted by atomic mass is 31.2. The average molecular weight is 860 g/mol. The molecule has 1 heterocycles. The van der Waals surface area contributed by atoms with E-state index in [1.54, 1.807) is 0 Å². The van der Waals surface area contributed by atoms with E-state index in [4.69, 9.17) is 29.0 Å². The Hall–Kier alpha value is -2.85. The van der Waals surface area contributed by atoms with Gasteiger partial charge in [0, 0.05) is 19.4 Å². The summed E-state index contributed by atoms with van der Waals surface area (Å²) in [5.74, 6) is -0.941. The summed E-state index contributed by atoms with van der Waals surface area (Å²) in [6.07, 6.45) is 53.8. The molecule has 0 spiro atoms. The summed E-state index contributed by atoms with van der Waals surface area (Å²) in [4.78, 5) is 34.9. The molecule has 11 heteroatoms. The Balaban J connectivity index is 2.20. The topological polar surface area (TPSA) is 147 Å². The number of phosphoric ester groups is 1. The molecule has 1 rings (SSSR count). The third kappa shape index (κ3) is 37.0. The van der Waals surface area contributed by atoms with Crippen LogP contribution in [0.25, 0.3) is 0 Å². The van der Waals surface area contributed by atoms with Gasteiger partial charge in [-0.1, -0.05) is 157 Å². The van der Waals surface area contributed by atoms with Crippen LogP contribution in [-0.2, 0) is 37.4 Å². The van der Waals surface area contributed by atoms with Gasteiger partial charge in [-0.3, -0.25) is 18.6 Å². The van der Waals surface area contributed by atoms with E-state index in [0.29, 0.717) is 25.0 Å². The highest BCUT2D eigenvalue weighted by Crippen LogP contribution is 2.43. The molecular weight excluding hydrogens is 778 g/mol. The number of carbonyl (C=O) groups is 2. The Morgan fingerprint density at radius 1 is 0.600 bits per heavy atom. The Labute approximate surface area is 364 Å². The lowest BCUT2D eigenvalue weighted by molar-refractivity contribution is -0.161. The molecule has 0 aromatic carbocycles. The third-order valence-electron chi connectivity index (χ3n) is 9.68. The smallest absolute Gasteiger partial charge is 0.462 e. The fourth-order valence-corrected chi connectivity index (χ4v) is 6.91. The van der Waals surface area contributed by atoms with Gasteiger partial charge in [-0.15, -0.1) is 0 Å². The normalized spacial score (nSPS) is 17.4. The lowest BCUT2D eigenvalue weighted by atomic mass is 10.1. The maximum Gasteiger partial charge on any atom is 0.472 e. The van der Waals surface area contributed by atoms with E-state index in [1.807, 2.05) is 12.2 Å². The highest BCUT2D eigenvalue weighted by Gasteiger charge is 2.36. The van der Waals surface area contributed by atoms with Gasteiger partial charge in [0.2, 0.25) is 0 Å². The van der Waals surface area contributed by atoms with Crippen molar-refractivity contribution >= 4 is 19.8 Å². The van der Waals surface area contributed by atoms with Gasteiger partial charge in [0.15, 0.2) is 6.10 Å². The number of hydrogen-bond acceptors (Lipinski definition) is 9. The Morgan fingerprint density at radius 2 is 1.10 bits per heavy atom. The number of ether oxygens (including phenoxy) is 3. The van der Waals surface area contributed by atoms with Crippen LogP contribution in [0.5, 0.6) is 0 Å². The van der Waals surface area contributed by atoms with Crippen LogP contribution in [0.3, 0.4) is 0 Å². The van der Waals surface area contributed by atoms with Gasteiger partial charge in [-0.25, -0.2) is 4.57 Å². The summed E-state index contributed by atoms with van der Waals surface area (Å²) in [6, 6.07) is 0. The first-order valence-electron chi connectivity index (χ1n) is 23.2. The van der Waals surface area contributed by atoms with Gasteiger partial charge in [0.05, 0.1) is 25.4 Å². The Morgan fingerprint density at radius 3 is 1.67 bits per heavy atom. The van der Waals surface area contributed by atoms with Crippen molar-refractivity contribution in [2.75, 3.05) is 26.4 Å². The molecule has 0 aromatic heterocycles. The molecule has 1 fully saturated rings. The number of unbranched alkanes of at least 4 members (excludes halogenated alkanes) is 12. The molecule has 1 aliphatic heterocycles. The molecule has 0 amide bonds. The van der Waals surface area contributed by atoms with Crippen LogP contribution in [0.1, 0.15) is 168 Å². The van der Waals surface area contributed by atoms with Crippen molar-refractivity contribution in [2.24, 2.45) is 5.73 Å². The van der Waals surface area contributed by atoms with E-state index in [-0.39, 0.29) is 32.6 Å². The zero-order valence-electron chi connectivity index (χ0n) is 37.4.